The summed E-state index contributed by atoms with van der Waals surface area (Å²) < 4.78 is 25.8. The zero-order valence-electron chi connectivity index (χ0n) is 19.3. The van der Waals surface area contributed by atoms with Gasteiger partial charge in [0.1, 0.15) is 11.6 Å². The highest BCUT2D eigenvalue weighted by Crippen LogP contribution is 2.31. The first-order chi connectivity index (χ1) is 16.8. The van der Waals surface area contributed by atoms with E-state index in [0.29, 0.717) is 47.1 Å². The zero-order valence-corrected chi connectivity index (χ0v) is 20.1. The van der Waals surface area contributed by atoms with E-state index < -0.39 is 10.0 Å². The fraction of sp³-hybridized carbons (Fsp3) is 0.435. The number of ketones is 1. The van der Waals surface area contributed by atoms with Crippen molar-refractivity contribution in [3.63, 3.8) is 0 Å². The molecular formula is C23H27N7O4S. The zero-order chi connectivity index (χ0) is 24.6. The van der Waals surface area contributed by atoms with Crippen molar-refractivity contribution in [2.75, 3.05) is 17.2 Å². The molecule has 0 aliphatic heterocycles. The summed E-state index contributed by atoms with van der Waals surface area (Å²) in [6.07, 6.45) is 9.98. The quantitative estimate of drug-likeness (QED) is 0.376. The van der Waals surface area contributed by atoms with Gasteiger partial charge in [-0.2, -0.15) is 9.19 Å². The minimum atomic E-state index is -3.47. The number of hydrogen-bond acceptors (Lipinski definition) is 10. The van der Waals surface area contributed by atoms with Crippen LogP contribution in [0, 0.1) is 5.92 Å². The van der Waals surface area contributed by atoms with Crippen LogP contribution < -0.4 is 10.6 Å². The van der Waals surface area contributed by atoms with Gasteiger partial charge in [-0.05, 0) is 51.0 Å². The fourth-order valence-corrected chi connectivity index (χ4v) is 5.77. The molecule has 0 aromatic carbocycles. The molecular weight excluding hydrogens is 470 g/mol. The summed E-state index contributed by atoms with van der Waals surface area (Å²) >= 11 is 0. The lowest BCUT2D eigenvalue weighted by atomic mass is 10.1. The number of aromatic nitrogens is 5. The van der Waals surface area contributed by atoms with E-state index in [2.05, 4.69) is 30.7 Å². The molecule has 2 atom stereocenters. The highest BCUT2D eigenvalue weighted by molar-refractivity contribution is 7.90. The van der Waals surface area contributed by atoms with Gasteiger partial charge in [-0.1, -0.05) is 0 Å². The molecule has 3 heterocycles. The maximum absolute atomic E-state index is 12.4. The molecule has 12 heteroatoms. The number of anilines is 3. The predicted molar refractivity (Wildman–Crippen MR) is 130 cm³/mol. The second kappa shape index (κ2) is 9.34. The molecule has 2 saturated carbocycles. The van der Waals surface area contributed by atoms with Crippen LogP contribution in [-0.2, 0) is 10.0 Å². The number of nitrogens with zero attached hydrogens (tertiary/aromatic N) is 5. The van der Waals surface area contributed by atoms with E-state index in [1.165, 1.54) is 25.5 Å². The van der Waals surface area contributed by atoms with E-state index in [1.54, 1.807) is 18.3 Å². The predicted octanol–water partition coefficient (Wildman–Crippen LogP) is 2.59. The number of aliphatic hydroxyl groups excluding tert-OH is 1. The van der Waals surface area contributed by atoms with Crippen LogP contribution in [0.15, 0.2) is 36.9 Å². The monoisotopic (exact) mass is 497 g/mol. The maximum atomic E-state index is 12.4. The van der Waals surface area contributed by atoms with Crippen LogP contribution in [0.1, 0.15) is 49.4 Å². The van der Waals surface area contributed by atoms with Gasteiger partial charge in [0.25, 0.3) is 10.0 Å². The van der Waals surface area contributed by atoms with Crippen LogP contribution in [0.3, 0.4) is 0 Å². The van der Waals surface area contributed by atoms with E-state index in [1.807, 2.05) is 0 Å². The molecule has 184 valence electrons. The summed E-state index contributed by atoms with van der Waals surface area (Å²) in [7, 11) is -3.47. The summed E-state index contributed by atoms with van der Waals surface area (Å²) in [5.74, 6) is 1.46. The molecule has 11 nitrogen and oxygen atoms in total. The summed E-state index contributed by atoms with van der Waals surface area (Å²) in [6.45, 7) is 1.67. The van der Waals surface area contributed by atoms with E-state index in [9.17, 15) is 18.3 Å². The molecule has 0 bridgehead atoms. The summed E-state index contributed by atoms with van der Waals surface area (Å²) in [4.78, 5) is 25.2. The Morgan fingerprint density at radius 1 is 1.17 bits per heavy atom. The third kappa shape index (κ3) is 5.03. The third-order valence-electron chi connectivity index (χ3n) is 6.38. The first-order valence-corrected chi connectivity index (χ1v) is 13.1. The minimum Gasteiger partial charge on any atom is -0.396 e. The highest BCUT2D eigenvalue weighted by Gasteiger charge is 2.37. The van der Waals surface area contributed by atoms with E-state index >= 15 is 0 Å². The Hall–Kier alpha value is -3.38. The van der Waals surface area contributed by atoms with Gasteiger partial charge in [-0.25, -0.2) is 23.4 Å². The maximum Gasteiger partial charge on any atom is 0.256 e. The average Bonchev–Trinajstić information content (AvgIpc) is 3.41. The molecule has 3 N–H and O–H groups in total. The molecule has 2 aliphatic rings. The Labute approximate surface area is 203 Å². The van der Waals surface area contributed by atoms with Gasteiger partial charge in [-0.3, -0.25) is 4.79 Å². The topological polar surface area (TPSA) is 152 Å². The molecule has 3 aromatic heterocycles. The van der Waals surface area contributed by atoms with Crippen molar-refractivity contribution in [3.8, 4) is 11.4 Å². The van der Waals surface area contributed by atoms with E-state index in [0.717, 1.165) is 23.3 Å². The number of carbonyl (C=O) groups excluding carboxylic acids is 1. The summed E-state index contributed by atoms with van der Waals surface area (Å²) in [5.41, 5.74) is 1.66. The van der Waals surface area contributed by atoms with Gasteiger partial charge in [0.05, 0.1) is 34.5 Å². The van der Waals surface area contributed by atoms with Crippen molar-refractivity contribution in [3.05, 3.63) is 42.5 Å². The van der Waals surface area contributed by atoms with E-state index in [4.69, 9.17) is 0 Å². The van der Waals surface area contributed by atoms with Gasteiger partial charge in [0, 0.05) is 31.1 Å². The average molecular weight is 498 g/mol. The number of Topliss-reactive ketones (excluding diaryl/α,β-unsaturated/α-hetero) is 1. The largest absolute Gasteiger partial charge is 0.396 e. The van der Waals surface area contributed by atoms with Crippen LogP contribution in [0.4, 0.5) is 17.3 Å². The number of aliphatic hydroxyl groups is 1. The van der Waals surface area contributed by atoms with Crippen molar-refractivity contribution in [2.45, 2.75) is 50.3 Å². The van der Waals surface area contributed by atoms with Crippen molar-refractivity contribution < 1.29 is 18.3 Å². The Morgan fingerprint density at radius 3 is 2.71 bits per heavy atom. The van der Waals surface area contributed by atoms with Gasteiger partial charge >= 0.3 is 0 Å². The van der Waals surface area contributed by atoms with Crippen molar-refractivity contribution in [1.82, 2.24) is 24.1 Å². The standard InChI is InChI=1S/C23H27N7O4S/c1-14(32)19-11-25-22(9-20(19)27-17-3-2-15(8-17)13-31)28-21-6-7-24-23(29-21)16-10-26-30(12-16)35(33,34)18-4-5-18/h6-7,9-12,15,17-18,31H,2-5,8,13H2,1H3,(H2,24,25,27,28,29). The molecule has 5 rings (SSSR count). The van der Waals surface area contributed by atoms with Crippen molar-refractivity contribution in [2.24, 2.45) is 5.92 Å². The smallest absolute Gasteiger partial charge is 0.256 e. The van der Waals surface area contributed by atoms with Crippen molar-refractivity contribution in [1.29, 1.82) is 0 Å². The Kier molecular flexibility index (Phi) is 6.24. The van der Waals surface area contributed by atoms with Gasteiger partial charge < -0.3 is 15.7 Å². The molecule has 2 aliphatic carbocycles. The second-order valence-corrected chi connectivity index (χ2v) is 11.2. The first-order valence-electron chi connectivity index (χ1n) is 11.6. The molecule has 3 aromatic rings. The van der Waals surface area contributed by atoms with Crippen LogP contribution in [-0.4, -0.2) is 61.3 Å². The van der Waals surface area contributed by atoms with Crippen LogP contribution in [0.2, 0.25) is 0 Å². The van der Waals surface area contributed by atoms with Gasteiger partial charge in [0.2, 0.25) is 0 Å². The molecule has 0 amide bonds. The van der Waals surface area contributed by atoms with Crippen LogP contribution >= 0.6 is 0 Å². The minimum absolute atomic E-state index is 0.0919. The normalized spacial score (nSPS) is 20.1. The Balaban J connectivity index is 1.35. The Bertz CT molecular complexity index is 1350. The van der Waals surface area contributed by atoms with Crippen LogP contribution in [0.5, 0.6) is 0 Å². The lowest BCUT2D eigenvalue weighted by Crippen LogP contribution is -2.18. The van der Waals surface area contributed by atoms with Gasteiger partial charge in [0.15, 0.2) is 11.6 Å². The summed E-state index contributed by atoms with van der Waals surface area (Å²) in [6, 6.07) is 3.62. The summed E-state index contributed by atoms with van der Waals surface area (Å²) in [5, 5.41) is 19.6. The third-order valence-corrected chi connectivity index (χ3v) is 8.41. The van der Waals surface area contributed by atoms with Gasteiger partial charge in [-0.15, -0.1) is 0 Å². The van der Waals surface area contributed by atoms with E-state index in [-0.39, 0.29) is 29.6 Å². The first kappa shape index (κ1) is 23.4. The van der Waals surface area contributed by atoms with Crippen LogP contribution in [0.25, 0.3) is 11.4 Å². The highest BCUT2D eigenvalue weighted by atomic mass is 32.2. The number of rotatable bonds is 9. The number of nitrogens with one attached hydrogen (secondary N) is 2. The Morgan fingerprint density at radius 2 is 2.00 bits per heavy atom. The lowest BCUT2D eigenvalue weighted by molar-refractivity contribution is 0.101. The number of carbonyl (C=O) groups is 1. The lowest BCUT2D eigenvalue weighted by Gasteiger charge is -2.17. The number of hydrogen-bond donors (Lipinski definition) is 3. The molecule has 35 heavy (non-hydrogen) atoms. The SMILES string of the molecule is CC(=O)c1cnc(Nc2ccnc(-c3cnn(S(=O)(=O)C4CC4)c3)n2)cc1NC1CCC(CO)C1. The molecule has 0 saturated heterocycles. The molecule has 2 fully saturated rings. The second-order valence-electron chi connectivity index (χ2n) is 9.11. The molecule has 0 spiro atoms. The fourth-order valence-electron chi connectivity index (χ4n) is 4.29. The molecule has 0 radical (unpaired) electrons. The molecule has 2 unspecified atom stereocenters. The number of pyridine rings is 1. The van der Waals surface area contributed by atoms with Crippen molar-refractivity contribution >= 4 is 33.1 Å².